The molecule has 3 rings (SSSR count). The first-order chi connectivity index (χ1) is 14.7. The van der Waals surface area contributed by atoms with Crippen LogP contribution in [-0.2, 0) is 20.7 Å². The third-order valence-corrected chi connectivity index (χ3v) is 5.33. The lowest BCUT2D eigenvalue weighted by molar-refractivity contribution is -0.134. The van der Waals surface area contributed by atoms with Gasteiger partial charge in [0.05, 0.1) is 24.2 Å². The van der Waals surface area contributed by atoms with Crippen LogP contribution in [0.3, 0.4) is 0 Å². The summed E-state index contributed by atoms with van der Waals surface area (Å²) >= 11 is 0. The van der Waals surface area contributed by atoms with Crippen LogP contribution in [0.15, 0.2) is 24.3 Å². The Hall–Kier alpha value is -2.83. The number of hydrogen-bond donors (Lipinski definition) is 0. The number of amides is 1. The van der Waals surface area contributed by atoms with Crippen molar-refractivity contribution >= 4 is 29.2 Å². The SMILES string of the molecule is CCCCc1nc2cc(/C=C/C(=O)OC)ccc2n1C1CCN(C(=O)OC(C)(C)C)C1. The number of ether oxygens (including phenoxy) is 2. The van der Waals surface area contributed by atoms with Crippen LogP contribution in [0.2, 0.25) is 0 Å². The second-order valence-corrected chi connectivity index (χ2v) is 8.98. The van der Waals surface area contributed by atoms with Crippen molar-refractivity contribution in [1.82, 2.24) is 14.5 Å². The number of aryl methyl sites for hydroxylation is 1. The third kappa shape index (κ3) is 5.66. The highest BCUT2D eigenvalue weighted by atomic mass is 16.6. The summed E-state index contributed by atoms with van der Waals surface area (Å²) in [5, 5.41) is 0. The van der Waals surface area contributed by atoms with E-state index in [1.54, 1.807) is 11.0 Å². The summed E-state index contributed by atoms with van der Waals surface area (Å²) in [7, 11) is 1.36. The topological polar surface area (TPSA) is 73.7 Å². The largest absolute Gasteiger partial charge is 0.466 e. The molecular weight excluding hydrogens is 394 g/mol. The highest BCUT2D eigenvalue weighted by Gasteiger charge is 2.32. The van der Waals surface area contributed by atoms with Gasteiger partial charge in [-0.05, 0) is 57.4 Å². The summed E-state index contributed by atoms with van der Waals surface area (Å²) in [5.41, 5.74) is 2.34. The monoisotopic (exact) mass is 427 g/mol. The molecule has 1 amide bonds. The molecule has 1 atom stereocenters. The van der Waals surface area contributed by atoms with E-state index in [-0.39, 0.29) is 18.1 Å². The van der Waals surface area contributed by atoms with Crippen LogP contribution < -0.4 is 0 Å². The highest BCUT2D eigenvalue weighted by Crippen LogP contribution is 2.30. The quantitative estimate of drug-likeness (QED) is 0.491. The first-order valence-electron chi connectivity index (χ1n) is 11.0. The van der Waals surface area contributed by atoms with E-state index in [4.69, 9.17) is 9.72 Å². The van der Waals surface area contributed by atoms with Gasteiger partial charge in [-0.25, -0.2) is 14.6 Å². The summed E-state index contributed by atoms with van der Waals surface area (Å²) < 4.78 is 12.5. The predicted octanol–water partition coefficient (Wildman–Crippen LogP) is 4.75. The Morgan fingerprint density at radius 2 is 2.06 bits per heavy atom. The lowest BCUT2D eigenvalue weighted by Crippen LogP contribution is -2.35. The van der Waals surface area contributed by atoms with Crippen molar-refractivity contribution in [3.05, 3.63) is 35.7 Å². The zero-order chi connectivity index (χ0) is 22.6. The van der Waals surface area contributed by atoms with Gasteiger partial charge in [0.2, 0.25) is 0 Å². The number of esters is 1. The average Bonchev–Trinajstić information content (AvgIpc) is 3.33. The Balaban J connectivity index is 1.88. The zero-order valence-electron chi connectivity index (χ0n) is 19.2. The van der Waals surface area contributed by atoms with E-state index in [2.05, 4.69) is 16.2 Å². The Bertz CT molecular complexity index is 971. The number of unbranched alkanes of at least 4 members (excludes halogenated alkanes) is 1. The smallest absolute Gasteiger partial charge is 0.410 e. The molecule has 1 aromatic carbocycles. The molecule has 0 saturated carbocycles. The van der Waals surface area contributed by atoms with Crippen LogP contribution in [0, 0.1) is 0 Å². The molecule has 0 N–H and O–H groups in total. The van der Waals surface area contributed by atoms with Gasteiger partial charge < -0.3 is 18.9 Å². The Morgan fingerprint density at radius 3 is 2.74 bits per heavy atom. The van der Waals surface area contributed by atoms with Crippen LogP contribution in [0.4, 0.5) is 4.79 Å². The molecule has 1 unspecified atom stereocenters. The van der Waals surface area contributed by atoms with Gasteiger partial charge in [0, 0.05) is 25.6 Å². The van der Waals surface area contributed by atoms with Gasteiger partial charge in [-0.1, -0.05) is 19.4 Å². The van der Waals surface area contributed by atoms with E-state index in [1.165, 1.54) is 13.2 Å². The molecule has 1 aliphatic heterocycles. The van der Waals surface area contributed by atoms with Crippen LogP contribution in [0.1, 0.15) is 64.4 Å². The molecule has 31 heavy (non-hydrogen) atoms. The number of fused-ring (bicyclic) bond motifs is 1. The van der Waals surface area contributed by atoms with E-state index in [9.17, 15) is 9.59 Å². The number of aromatic nitrogens is 2. The minimum Gasteiger partial charge on any atom is -0.466 e. The number of benzene rings is 1. The minimum absolute atomic E-state index is 0.167. The van der Waals surface area contributed by atoms with Gasteiger partial charge in [0.1, 0.15) is 11.4 Å². The van der Waals surface area contributed by atoms with Crippen LogP contribution in [0.5, 0.6) is 0 Å². The lowest BCUT2D eigenvalue weighted by Gasteiger charge is -2.24. The van der Waals surface area contributed by atoms with Gasteiger partial charge in [0.25, 0.3) is 0 Å². The predicted molar refractivity (Wildman–Crippen MR) is 121 cm³/mol. The fourth-order valence-corrected chi connectivity index (χ4v) is 3.87. The van der Waals surface area contributed by atoms with Crippen molar-refractivity contribution in [1.29, 1.82) is 0 Å². The van der Waals surface area contributed by atoms with Gasteiger partial charge in [-0.2, -0.15) is 0 Å². The molecule has 0 radical (unpaired) electrons. The summed E-state index contributed by atoms with van der Waals surface area (Å²) in [6, 6.07) is 6.18. The second kappa shape index (κ2) is 9.54. The first kappa shape index (κ1) is 22.8. The maximum atomic E-state index is 12.5. The minimum atomic E-state index is -0.503. The maximum Gasteiger partial charge on any atom is 0.410 e. The number of rotatable bonds is 6. The van der Waals surface area contributed by atoms with E-state index >= 15 is 0 Å². The molecule has 0 bridgehead atoms. The van der Waals surface area contributed by atoms with Crippen molar-refractivity contribution in [2.24, 2.45) is 0 Å². The van der Waals surface area contributed by atoms with E-state index < -0.39 is 5.60 Å². The van der Waals surface area contributed by atoms with Gasteiger partial charge in [-0.3, -0.25) is 0 Å². The highest BCUT2D eigenvalue weighted by molar-refractivity contribution is 5.88. The van der Waals surface area contributed by atoms with Crippen molar-refractivity contribution in [2.75, 3.05) is 20.2 Å². The molecular formula is C24H33N3O4. The number of imidazole rings is 1. The summed E-state index contributed by atoms with van der Waals surface area (Å²) in [6.07, 6.45) is 6.79. The number of carbonyl (C=O) groups excluding carboxylic acids is 2. The molecule has 2 heterocycles. The summed E-state index contributed by atoms with van der Waals surface area (Å²) in [6.45, 7) is 9.11. The van der Waals surface area contributed by atoms with Crippen LogP contribution in [-0.4, -0.2) is 52.3 Å². The summed E-state index contributed by atoms with van der Waals surface area (Å²) in [4.78, 5) is 30.6. The van der Waals surface area contributed by atoms with Gasteiger partial charge in [-0.15, -0.1) is 0 Å². The maximum absolute atomic E-state index is 12.5. The van der Waals surface area contributed by atoms with Crippen molar-refractivity contribution < 1.29 is 19.1 Å². The second-order valence-electron chi connectivity index (χ2n) is 8.98. The molecule has 1 aromatic heterocycles. The average molecular weight is 428 g/mol. The fraction of sp³-hybridized carbons (Fsp3) is 0.542. The summed E-state index contributed by atoms with van der Waals surface area (Å²) in [5.74, 6) is 0.657. The van der Waals surface area contributed by atoms with E-state index in [1.807, 2.05) is 39.0 Å². The van der Waals surface area contributed by atoms with Gasteiger partial charge in [0.15, 0.2) is 0 Å². The molecule has 7 heteroatoms. The van der Waals surface area contributed by atoms with Gasteiger partial charge >= 0.3 is 12.1 Å². The number of nitrogens with zero attached hydrogens (tertiary/aromatic N) is 3. The van der Waals surface area contributed by atoms with E-state index in [0.29, 0.717) is 13.1 Å². The molecule has 1 fully saturated rings. The molecule has 1 saturated heterocycles. The Morgan fingerprint density at radius 1 is 1.29 bits per heavy atom. The standard InChI is InChI=1S/C24H33N3O4/c1-6-7-8-21-25-19-15-17(10-12-22(28)30-5)9-11-20(19)27(21)18-13-14-26(16-18)23(29)31-24(2,3)4/h9-12,15,18H,6-8,13-14,16H2,1-5H3/b12-10+. The van der Waals surface area contributed by atoms with Crippen molar-refractivity contribution in [3.8, 4) is 0 Å². The lowest BCUT2D eigenvalue weighted by atomic mass is 10.1. The third-order valence-electron chi connectivity index (χ3n) is 5.33. The van der Waals surface area contributed by atoms with Crippen molar-refractivity contribution in [2.45, 2.75) is 65.0 Å². The number of likely N-dealkylation sites (tertiary alicyclic amines) is 1. The number of hydrogen-bond acceptors (Lipinski definition) is 5. The molecule has 168 valence electrons. The Kier molecular flexibility index (Phi) is 7.03. The van der Waals surface area contributed by atoms with Crippen molar-refractivity contribution in [3.63, 3.8) is 0 Å². The van der Waals surface area contributed by atoms with Crippen LogP contribution in [0.25, 0.3) is 17.1 Å². The number of methoxy groups -OCH3 is 1. The molecule has 0 aliphatic carbocycles. The zero-order valence-corrected chi connectivity index (χ0v) is 19.2. The molecule has 1 aliphatic rings. The molecule has 7 nitrogen and oxygen atoms in total. The molecule has 0 spiro atoms. The normalized spacial score (nSPS) is 16.9. The Labute approximate surface area is 184 Å². The fourth-order valence-electron chi connectivity index (χ4n) is 3.87. The number of carbonyl (C=O) groups is 2. The van der Waals surface area contributed by atoms with E-state index in [0.717, 1.165) is 48.1 Å². The first-order valence-corrected chi connectivity index (χ1v) is 11.0. The van der Waals surface area contributed by atoms with Crippen LogP contribution >= 0.6 is 0 Å². The molecule has 2 aromatic rings.